The number of hydrogen-bond acceptors (Lipinski definition) is 5. The second-order valence-electron chi connectivity index (χ2n) is 8.27. The highest BCUT2D eigenvalue weighted by Gasteiger charge is 2.37. The molecular formula is C21H27N3O4S. The molecule has 2 aliphatic heterocycles. The van der Waals surface area contributed by atoms with Gasteiger partial charge in [-0.05, 0) is 55.7 Å². The van der Waals surface area contributed by atoms with E-state index in [2.05, 4.69) is 28.6 Å². The van der Waals surface area contributed by atoms with Crippen LogP contribution >= 0.6 is 0 Å². The molecule has 8 heteroatoms. The Morgan fingerprint density at radius 3 is 2.66 bits per heavy atom. The van der Waals surface area contributed by atoms with E-state index in [1.54, 1.807) is 0 Å². The molecule has 1 aromatic carbocycles. The van der Waals surface area contributed by atoms with Crippen LogP contribution < -0.4 is 5.32 Å². The number of hydrogen-bond donors (Lipinski definition) is 1. The molecule has 0 aromatic heterocycles. The van der Waals surface area contributed by atoms with Crippen molar-refractivity contribution in [2.24, 2.45) is 5.10 Å². The Labute approximate surface area is 171 Å². The highest BCUT2D eigenvalue weighted by Crippen LogP contribution is 2.25. The van der Waals surface area contributed by atoms with Crippen LogP contribution in [-0.4, -0.2) is 48.5 Å². The number of sulfone groups is 1. The Kier molecular flexibility index (Phi) is 5.46. The van der Waals surface area contributed by atoms with Gasteiger partial charge in [-0.15, -0.1) is 0 Å². The molecule has 2 amide bonds. The third-order valence-corrected chi connectivity index (χ3v) is 7.85. The molecule has 2 heterocycles. The van der Waals surface area contributed by atoms with Crippen molar-refractivity contribution in [3.63, 3.8) is 0 Å². The van der Waals surface area contributed by atoms with E-state index in [0.717, 1.165) is 18.4 Å². The maximum atomic E-state index is 12.8. The maximum Gasteiger partial charge on any atom is 0.267 e. The number of amides is 2. The molecule has 2 atom stereocenters. The number of carbonyl (C=O) groups is 2. The molecule has 1 aromatic rings. The zero-order valence-electron chi connectivity index (χ0n) is 16.7. The van der Waals surface area contributed by atoms with Crippen LogP contribution in [0.3, 0.4) is 0 Å². The summed E-state index contributed by atoms with van der Waals surface area (Å²) in [5.74, 6) is -0.531. The number of nitrogens with zero attached hydrogens (tertiary/aromatic N) is 2. The lowest BCUT2D eigenvalue weighted by molar-refractivity contribution is -0.133. The second-order valence-corrected chi connectivity index (χ2v) is 10.5. The van der Waals surface area contributed by atoms with E-state index in [-0.39, 0.29) is 42.2 Å². The van der Waals surface area contributed by atoms with Crippen LogP contribution in [0.4, 0.5) is 0 Å². The van der Waals surface area contributed by atoms with Gasteiger partial charge in [-0.3, -0.25) is 9.59 Å². The van der Waals surface area contributed by atoms with Crippen molar-refractivity contribution in [3.8, 4) is 0 Å². The first kappa shape index (κ1) is 20.1. The predicted molar refractivity (Wildman–Crippen MR) is 110 cm³/mol. The van der Waals surface area contributed by atoms with Crippen molar-refractivity contribution < 1.29 is 18.0 Å². The number of benzene rings is 1. The van der Waals surface area contributed by atoms with Gasteiger partial charge in [-0.25, -0.2) is 13.4 Å². The van der Waals surface area contributed by atoms with Crippen LogP contribution in [0.15, 0.2) is 23.3 Å². The summed E-state index contributed by atoms with van der Waals surface area (Å²) >= 11 is 0. The van der Waals surface area contributed by atoms with Crippen molar-refractivity contribution in [1.29, 1.82) is 0 Å². The van der Waals surface area contributed by atoms with E-state index in [0.29, 0.717) is 12.1 Å². The first-order valence-electron chi connectivity index (χ1n) is 10.3. The van der Waals surface area contributed by atoms with Crippen molar-refractivity contribution in [1.82, 2.24) is 10.3 Å². The Morgan fingerprint density at radius 1 is 1.17 bits per heavy atom. The number of carbonyl (C=O) groups excluding carboxylic acids is 2. The summed E-state index contributed by atoms with van der Waals surface area (Å²) in [6.07, 6.45) is 5.46. The number of fused-ring (bicyclic) bond motifs is 1. The molecule has 4 rings (SSSR count). The van der Waals surface area contributed by atoms with E-state index >= 15 is 0 Å². The zero-order chi connectivity index (χ0) is 20.6. The fourth-order valence-corrected chi connectivity index (χ4v) is 6.07. The van der Waals surface area contributed by atoms with Gasteiger partial charge >= 0.3 is 0 Å². The van der Waals surface area contributed by atoms with Gasteiger partial charge in [-0.2, -0.15) is 5.10 Å². The topological polar surface area (TPSA) is 95.9 Å². The van der Waals surface area contributed by atoms with Crippen LogP contribution in [0.2, 0.25) is 0 Å². The zero-order valence-corrected chi connectivity index (χ0v) is 17.5. The lowest BCUT2D eigenvalue weighted by Gasteiger charge is -2.28. The van der Waals surface area contributed by atoms with Gasteiger partial charge in [0.25, 0.3) is 5.91 Å². The van der Waals surface area contributed by atoms with Gasteiger partial charge in [0.1, 0.15) is 5.71 Å². The van der Waals surface area contributed by atoms with Crippen LogP contribution in [0.1, 0.15) is 61.8 Å². The molecule has 7 nitrogen and oxygen atoms in total. The molecule has 0 bridgehead atoms. The number of nitrogens with one attached hydrogen (secondary N) is 1. The molecule has 1 N–H and O–H groups in total. The lowest BCUT2D eigenvalue weighted by atomic mass is 9.89. The fourth-order valence-electron chi connectivity index (χ4n) is 4.37. The summed E-state index contributed by atoms with van der Waals surface area (Å²) < 4.78 is 23.5. The summed E-state index contributed by atoms with van der Waals surface area (Å²) in [5, 5.41) is 8.47. The highest BCUT2D eigenvalue weighted by molar-refractivity contribution is 7.91. The van der Waals surface area contributed by atoms with Crippen LogP contribution in [0.25, 0.3) is 0 Å². The van der Waals surface area contributed by atoms with Gasteiger partial charge in [0, 0.05) is 12.8 Å². The minimum atomic E-state index is -3.13. The molecule has 3 aliphatic rings. The summed E-state index contributed by atoms with van der Waals surface area (Å²) in [7, 11) is -3.13. The maximum absolute atomic E-state index is 12.8. The van der Waals surface area contributed by atoms with E-state index in [1.807, 2.05) is 6.92 Å². The lowest BCUT2D eigenvalue weighted by Crippen LogP contribution is -2.44. The number of aryl methyl sites for hydroxylation is 2. The SMILES string of the molecule is C[C@H](NC(=O)C1=NN([C@H]2CCS(=O)(=O)C2)C(=O)CC1)c1ccc2c(c1)CCCC2. The fraction of sp³-hybridized carbons (Fsp3) is 0.571. The summed E-state index contributed by atoms with van der Waals surface area (Å²) in [6, 6.07) is 5.77. The average molecular weight is 418 g/mol. The molecule has 1 aliphatic carbocycles. The predicted octanol–water partition coefficient (Wildman–Crippen LogP) is 1.91. The number of rotatable bonds is 4. The smallest absolute Gasteiger partial charge is 0.267 e. The minimum Gasteiger partial charge on any atom is -0.344 e. The molecule has 156 valence electrons. The normalized spacial score (nSPS) is 24.6. The summed E-state index contributed by atoms with van der Waals surface area (Å²) in [5.41, 5.74) is 4.11. The van der Waals surface area contributed by atoms with Gasteiger partial charge in [0.15, 0.2) is 9.84 Å². The number of hydrazone groups is 1. The van der Waals surface area contributed by atoms with Crippen molar-refractivity contribution >= 4 is 27.4 Å². The van der Waals surface area contributed by atoms with Crippen molar-refractivity contribution in [2.45, 2.75) is 64.0 Å². The third-order valence-electron chi connectivity index (χ3n) is 6.10. The first-order chi connectivity index (χ1) is 13.8. The van der Waals surface area contributed by atoms with Gasteiger partial charge in [0.2, 0.25) is 5.91 Å². The van der Waals surface area contributed by atoms with Gasteiger partial charge < -0.3 is 5.32 Å². The van der Waals surface area contributed by atoms with Crippen LogP contribution in [-0.2, 0) is 32.3 Å². The Hall–Kier alpha value is -2.22. The van der Waals surface area contributed by atoms with Crippen LogP contribution in [0.5, 0.6) is 0 Å². The van der Waals surface area contributed by atoms with Crippen LogP contribution in [0, 0.1) is 0 Å². The quantitative estimate of drug-likeness (QED) is 0.809. The molecule has 1 saturated heterocycles. The minimum absolute atomic E-state index is 0.0634. The summed E-state index contributed by atoms with van der Waals surface area (Å²) in [4.78, 5) is 25.0. The van der Waals surface area contributed by atoms with E-state index in [1.165, 1.54) is 29.0 Å². The molecule has 0 unspecified atom stereocenters. The average Bonchev–Trinajstić information content (AvgIpc) is 3.07. The van der Waals surface area contributed by atoms with Gasteiger partial charge in [-0.1, -0.05) is 18.2 Å². The molecule has 29 heavy (non-hydrogen) atoms. The first-order valence-corrected chi connectivity index (χ1v) is 12.2. The molecule has 0 radical (unpaired) electrons. The Bertz CT molecular complexity index is 970. The third kappa shape index (κ3) is 4.37. The van der Waals surface area contributed by atoms with Crippen molar-refractivity contribution in [2.75, 3.05) is 11.5 Å². The van der Waals surface area contributed by atoms with Crippen molar-refractivity contribution in [3.05, 3.63) is 34.9 Å². The summed E-state index contributed by atoms with van der Waals surface area (Å²) in [6.45, 7) is 1.94. The largest absolute Gasteiger partial charge is 0.344 e. The molecular weight excluding hydrogens is 390 g/mol. The van der Waals surface area contributed by atoms with E-state index in [9.17, 15) is 18.0 Å². The second kappa shape index (κ2) is 7.89. The molecule has 1 fully saturated rings. The molecule has 0 spiro atoms. The van der Waals surface area contributed by atoms with E-state index in [4.69, 9.17) is 0 Å². The Balaban J connectivity index is 1.46. The van der Waals surface area contributed by atoms with Gasteiger partial charge in [0.05, 0.1) is 23.6 Å². The Morgan fingerprint density at radius 2 is 1.93 bits per heavy atom. The highest BCUT2D eigenvalue weighted by atomic mass is 32.2. The molecule has 0 saturated carbocycles. The van der Waals surface area contributed by atoms with E-state index < -0.39 is 15.9 Å². The monoisotopic (exact) mass is 417 g/mol. The standard InChI is InChI=1S/C21H27N3O4S/c1-14(16-7-6-15-4-2-3-5-17(15)12-16)22-21(26)19-8-9-20(25)24(23-19)18-10-11-29(27,28)13-18/h6-7,12,14,18H,2-5,8-11,13H2,1H3,(H,22,26)/t14-,18-/m0/s1.